The fourth-order valence-corrected chi connectivity index (χ4v) is 16.0. The molecule has 97 heavy (non-hydrogen) atoms. The number of esters is 6. The van der Waals surface area contributed by atoms with Crippen molar-refractivity contribution < 1.29 is 157 Å². The lowest BCUT2D eigenvalue weighted by atomic mass is 9.47. The van der Waals surface area contributed by atoms with Crippen LogP contribution in [0.25, 0.3) is 11.1 Å². The van der Waals surface area contributed by atoms with E-state index in [0.29, 0.717) is 0 Å². The van der Waals surface area contributed by atoms with Crippen molar-refractivity contribution in [1.82, 2.24) is 0 Å². The average Bonchev–Trinajstić information content (AvgIpc) is 1.42. The van der Waals surface area contributed by atoms with E-state index in [4.69, 9.17) is 118 Å². The zero-order valence-corrected chi connectivity index (χ0v) is 54.9. The van der Waals surface area contributed by atoms with Gasteiger partial charge < -0.3 is 124 Å². The minimum absolute atomic E-state index is 0.0451. The lowest BCUT2D eigenvalue weighted by Gasteiger charge is -2.65. The highest BCUT2D eigenvalue weighted by molar-refractivity contribution is 6.11. The van der Waals surface area contributed by atoms with Crippen LogP contribution in [0.15, 0.2) is 30.3 Å². The number of hydrogen-bond donors (Lipinski definition) is 1. The molecule has 14 rings (SSSR count). The summed E-state index contributed by atoms with van der Waals surface area (Å²) < 4.78 is 154. The molecule has 0 unspecified atom stereocenters. The maximum Gasteiger partial charge on any atom is 0.345 e. The first-order valence-electron chi connectivity index (χ1n) is 29.7. The van der Waals surface area contributed by atoms with E-state index in [2.05, 4.69) is 0 Å². The van der Waals surface area contributed by atoms with Gasteiger partial charge in [0, 0.05) is 30.9 Å². The van der Waals surface area contributed by atoms with E-state index >= 15 is 33.6 Å². The predicted octanol–water partition coefficient (Wildman–Crippen LogP) is 2.79. The van der Waals surface area contributed by atoms with Gasteiger partial charge in [0.2, 0.25) is 52.6 Å². The molecule has 14 atom stereocenters. The number of Topliss-reactive ketones (excluding diaryl/α,β-unsaturated/α-hetero) is 1. The molecule has 8 bridgehead atoms. The number of ether oxygens (including phenoxy) is 25. The van der Waals surface area contributed by atoms with Gasteiger partial charge in [-0.05, 0) is 44.2 Å². The molecule has 33 heteroatoms. The Morgan fingerprint density at radius 3 is 1.61 bits per heavy atom. The van der Waals surface area contributed by atoms with E-state index in [9.17, 15) is 5.11 Å². The Hall–Kier alpha value is -9.35. The molecule has 4 aromatic rings. The fraction of sp³-hybridized carbons (Fsp3) is 0.516. The normalized spacial score (nSPS) is 32.5. The third-order valence-corrected chi connectivity index (χ3v) is 19.4. The van der Waals surface area contributed by atoms with E-state index in [0.717, 1.165) is 33.5 Å². The zero-order valence-electron chi connectivity index (χ0n) is 54.9. The number of fused-ring (bicyclic) bond motifs is 3. The molecule has 520 valence electrons. The average molecular weight is 1360 g/mol. The van der Waals surface area contributed by atoms with E-state index in [1.807, 2.05) is 0 Å². The lowest BCUT2D eigenvalue weighted by molar-refractivity contribution is -0.462. The van der Waals surface area contributed by atoms with Crippen molar-refractivity contribution in [3.05, 3.63) is 58.1 Å². The smallest absolute Gasteiger partial charge is 0.345 e. The van der Waals surface area contributed by atoms with Crippen LogP contribution in [0.5, 0.6) is 69.0 Å². The van der Waals surface area contributed by atoms with E-state index in [1.54, 1.807) is 0 Å². The number of benzene rings is 4. The quantitative estimate of drug-likeness (QED) is 0.124. The van der Waals surface area contributed by atoms with Gasteiger partial charge in [0.15, 0.2) is 69.6 Å². The number of methoxy groups -OCH3 is 14. The molecule has 1 N–H and O–H groups in total. The highest BCUT2D eigenvalue weighted by Gasteiger charge is 3.08. The Labute approximate surface area is 550 Å². The number of hydrogen-bond acceptors (Lipinski definition) is 33. The molecular formula is C64H66O33. The summed E-state index contributed by atoms with van der Waals surface area (Å²) in [6.45, 7) is 1.04. The molecule has 2 spiro atoms. The Bertz CT molecular complexity index is 4030. The maximum atomic E-state index is 17.7. The summed E-state index contributed by atoms with van der Waals surface area (Å²) >= 11 is 0. The van der Waals surface area contributed by atoms with Crippen molar-refractivity contribution in [1.29, 1.82) is 0 Å². The van der Waals surface area contributed by atoms with Crippen molar-refractivity contribution in [2.75, 3.05) is 113 Å². The highest BCUT2D eigenvalue weighted by Crippen LogP contribution is 2.85. The van der Waals surface area contributed by atoms with Crippen molar-refractivity contribution in [2.45, 2.75) is 90.9 Å². The number of cyclic esters (lactones) is 1. The second-order valence-electron chi connectivity index (χ2n) is 23.6. The molecular weight excluding hydrogens is 1300 g/mol. The zero-order chi connectivity index (χ0) is 69.8. The summed E-state index contributed by atoms with van der Waals surface area (Å²) in [7, 11) is 16.5. The Morgan fingerprint density at radius 1 is 0.546 bits per heavy atom. The summed E-state index contributed by atoms with van der Waals surface area (Å²) in [5.74, 6) is -28.9. The van der Waals surface area contributed by atoms with Gasteiger partial charge in [-0.1, -0.05) is 0 Å². The van der Waals surface area contributed by atoms with Crippen LogP contribution in [0, 0.1) is 11.3 Å². The van der Waals surface area contributed by atoms with Gasteiger partial charge in [-0.25, -0.2) is 24.0 Å². The highest BCUT2D eigenvalue weighted by atomic mass is 16.9. The molecule has 0 aromatic heterocycles. The van der Waals surface area contributed by atoms with Crippen LogP contribution < -0.4 is 56.8 Å². The van der Waals surface area contributed by atoms with Crippen LogP contribution >= 0.6 is 0 Å². The number of aliphatic hydroxyl groups is 1. The summed E-state index contributed by atoms with van der Waals surface area (Å²) in [5.41, 5.74) is -12.9. The monoisotopic (exact) mass is 1360 g/mol. The number of ketones is 1. The molecule has 8 heterocycles. The fourth-order valence-electron chi connectivity index (χ4n) is 16.0. The van der Waals surface area contributed by atoms with Gasteiger partial charge in [0.25, 0.3) is 11.6 Å². The first-order chi connectivity index (χ1) is 46.4. The summed E-state index contributed by atoms with van der Waals surface area (Å²) in [6.07, 6.45) is -13.5. The van der Waals surface area contributed by atoms with Crippen molar-refractivity contribution in [3.63, 3.8) is 0 Å². The van der Waals surface area contributed by atoms with E-state index < -0.39 is 171 Å². The van der Waals surface area contributed by atoms with Crippen molar-refractivity contribution in [2.24, 2.45) is 11.3 Å². The number of carbonyl (C=O) groups excluding carboxylic acids is 7. The van der Waals surface area contributed by atoms with Crippen LogP contribution in [0.1, 0.15) is 66.8 Å². The summed E-state index contributed by atoms with van der Waals surface area (Å²) in [6, 6.07) is 5.78. The van der Waals surface area contributed by atoms with Crippen LogP contribution in [-0.4, -0.2) is 231 Å². The van der Waals surface area contributed by atoms with Crippen molar-refractivity contribution >= 4 is 41.6 Å². The minimum Gasteiger partial charge on any atom is -0.493 e. The largest absolute Gasteiger partial charge is 0.493 e. The molecule has 4 aromatic carbocycles. The number of carbonyl (C=O) groups is 7. The van der Waals surface area contributed by atoms with E-state index in [-0.39, 0.29) is 79.9 Å². The van der Waals surface area contributed by atoms with Gasteiger partial charge in [0.1, 0.15) is 24.2 Å². The maximum absolute atomic E-state index is 17.7. The Kier molecular flexibility index (Phi) is 15.6. The van der Waals surface area contributed by atoms with Gasteiger partial charge in [0.05, 0.1) is 126 Å². The third kappa shape index (κ3) is 8.05. The van der Waals surface area contributed by atoms with Crippen LogP contribution in [0.4, 0.5) is 0 Å². The van der Waals surface area contributed by atoms with E-state index in [1.165, 1.54) is 110 Å². The minimum atomic E-state index is -3.57. The molecule has 5 saturated heterocycles. The van der Waals surface area contributed by atoms with Crippen LogP contribution in [-0.2, 0) is 76.0 Å². The van der Waals surface area contributed by atoms with Gasteiger partial charge >= 0.3 is 35.8 Å². The number of rotatable bonds is 16. The van der Waals surface area contributed by atoms with Crippen molar-refractivity contribution in [3.8, 4) is 80.1 Å². The van der Waals surface area contributed by atoms with Crippen LogP contribution in [0.2, 0.25) is 0 Å². The first kappa shape index (κ1) is 66.3. The molecule has 7 fully saturated rings. The Morgan fingerprint density at radius 2 is 1.07 bits per heavy atom. The molecule has 8 aliphatic heterocycles. The second kappa shape index (κ2) is 22.9. The molecule has 2 aliphatic carbocycles. The second-order valence-corrected chi connectivity index (χ2v) is 23.6. The SMILES string of the molecule is COC(=O)[C@@]12O[C@@]3(OC)C(=O)[C@@H]([C@]45OC(C)(C)O[C@H]4CO[C@@]51O)[C@@]21C(=O)O[C@H]2[C@@H]4OC(=O)c5cc(OC)c(OC)c(OC)c5-c5c(cc(OC)c(OC)c5OC)C(=O)OC[C@H]2O[C@@H](OC(=O)c2cc(OC)c(OC)c(OC)c2)[C@@H]4OC(=O)c2cc(OC)c(OC)c4c2[C@H]1[C@@]3(OC)O4. The standard InChI is InChI=1S/C64H66O33/c1-58(2)94-34-23-88-64(72)60(34,96-58)49-50(65)63(86-16)62(85-15)48-37-27(21-32(77-7)41(81-11)45(37)95-62)54(69)91-47-46-42(92-56(70)59(48,49)61(64,97-63)57(71)84-14)33(89-55(47)93-51(66)24-17-28(73-3)38(78-8)29(18-24)74-4)22-87-52(67)25-19-30(75-5)39(79-9)43(82-12)35(25)36-26(53(68)90-46)20-31(76-6)40(80-10)44(36)83-13/h17-21,33-34,42,46-49,55,72H,22-23H2,1-16H3/t33-,34+,42-,46+,47-,48-,49-,55+,59+,60-,61+,62-,63+,64+/m1/s1. The predicted molar refractivity (Wildman–Crippen MR) is 313 cm³/mol. The van der Waals surface area contributed by atoms with Gasteiger partial charge in [-0.2, -0.15) is 0 Å². The molecule has 0 radical (unpaired) electrons. The summed E-state index contributed by atoms with van der Waals surface area (Å²) in [5, 5.41) is 14.1. The van der Waals surface area contributed by atoms with Gasteiger partial charge in [-0.3, -0.25) is 9.59 Å². The Balaban J connectivity index is 1.14. The van der Waals surface area contributed by atoms with Gasteiger partial charge in [-0.15, -0.1) is 0 Å². The molecule has 33 nitrogen and oxygen atoms in total. The molecule has 2 saturated carbocycles. The molecule has 0 amide bonds. The topological polar surface area (TPSA) is 370 Å². The first-order valence-corrected chi connectivity index (χ1v) is 29.7. The molecule has 10 aliphatic rings. The summed E-state index contributed by atoms with van der Waals surface area (Å²) in [4.78, 5) is 114. The third-order valence-electron chi connectivity index (χ3n) is 19.4. The van der Waals surface area contributed by atoms with Crippen LogP contribution in [0.3, 0.4) is 0 Å². The lowest BCUT2D eigenvalue weighted by Crippen LogP contribution is -2.89.